The Labute approximate surface area is 138 Å². The summed E-state index contributed by atoms with van der Waals surface area (Å²) in [5.74, 6) is -0.810. The highest BCUT2D eigenvalue weighted by Gasteiger charge is 2.24. The summed E-state index contributed by atoms with van der Waals surface area (Å²) in [5, 5.41) is 11.1. The summed E-state index contributed by atoms with van der Waals surface area (Å²) >= 11 is 0. The minimum Gasteiger partial charge on any atom is -0.372 e. The van der Waals surface area contributed by atoms with E-state index in [2.05, 4.69) is 0 Å². The predicted octanol–water partition coefficient (Wildman–Crippen LogP) is 1.78. The number of nitrogens with zero attached hydrogens (tertiary/aromatic N) is 2. The third kappa shape index (κ3) is 3.69. The molecule has 0 heterocycles. The third-order valence-corrected chi connectivity index (χ3v) is 4.53. The number of amides is 1. The average molecular weight is 349 g/mol. The van der Waals surface area contributed by atoms with Crippen molar-refractivity contribution in [1.29, 1.82) is 0 Å². The van der Waals surface area contributed by atoms with Crippen LogP contribution in [-0.2, 0) is 10.0 Å². The fraction of sp³-hybridized carbons (Fsp3) is 0.133. The minimum absolute atomic E-state index is 0.167. The highest BCUT2D eigenvalue weighted by molar-refractivity contribution is 7.90. The standard InChI is InChI=1S/C15H15N3O5S/c1-17(2)13-9-8-12(10-14(13)18(20)21)24(22,23)16-15(19)11-6-4-3-5-7-11/h3-10H,1-2H3,(H,16,19). The van der Waals surface area contributed by atoms with Gasteiger partial charge in [0.2, 0.25) is 0 Å². The van der Waals surface area contributed by atoms with E-state index in [0.29, 0.717) is 0 Å². The molecule has 0 fully saturated rings. The molecule has 0 radical (unpaired) electrons. The van der Waals surface area contributed by atoms with Crippen molar-refractivity contribution in [3.8, 4) is 0 Å². The second-order valence-electron chi connectivity index (χ2n) is 5.10. The maximum Gasteiger partial charge on any atom is 0.293 e. The Morgan fingerprint density at radius 2 is 1.75 bits per heavy atom. The van der Waals surface area contributed by atoms with Gasteiger partial charge in [-0.1, -0.05) is 18.2 Å². The Morgan fingerprint density at radius 3 is 2.29 bits per heavy atom. The van der Waals surface area contributed by atoms with E-state index >= 15 is 0 Å². The monoisotopic (exact) mass is 349 g/mol. The highest BCUT2D eigenvalue weighted by atomic mass is 32.2. The average Bonchev–Trinajstić information content (AvgIpc) is 2.54. The lowest BCUT2D eigenvalue weighted by molar-refractivity contribution is -0.384. The lowest BCUT2D eigenvalue weighted by Crippen LogP contribution is -2.30. The second-order valence-corrected chi connectivity index (χ2v) is 6.79. The van der Waals surface area contributed by atoms with Gasteiger partial charge in [0.05, 0.1) is 9.82 Å². The summed E-state index contributed by atoms with van der Waals surface area (Å²) in [6, 6.07) is 11.3. The van der Waals surface area contributed by atoms with Gasteiger partial charge >= 0.3 is 0 Å². The fourth-order valence-corrected chi connectivity index (χ4v) is 3.02. The van der Waals surface area contributed by atoms with Crippen molar-refractivity contribution in [1.82, 2.24) is 4.72 Å². The van der Waals surface area contributed by atoms with E-state index in [4.69, 9.17) is 0 Å². The van der Waals surface area contributed by atoms with Crippen LogP contribution in [0.15, 0.2) is 53.4 Å². The van der Waals surface area contributed by atoms with Crippen LogP contribution in [0.5, 0.6) is 0 Å². The lowest BCUT2D eigenvalue weighted by Gasteiger charge is -2.14. The van der Waals surface area contributed by atoms with E-state index in [1.54, 1.807) is 32.3 Å². The van der Waals surface area contributed by atoms with Gasteiger partial charge in [-0.3, -0.25) is 14.9 Å². The van der Waals surface area contributed by atoms with Crippen LogP contribution in [-0.4, -0.2) is 33.3 Å². The van der Waals surface area contributed by atoms with Crippen molar-refractivity contribution in [2.45, 2.75) is 4.90 Å². The van der Waals surface area contributed by atoms with Crippen LogP contribution in [0.4, 0.5) is 11.4 Å². The van der Waals surface area contributed by atoms with E-state index in [1.165, 1.54) is 29.2 Å². The number of benzene rings is 2. The molecule has 0 atom stereocenters. The molecule has 8 nitrogen and oxygen atoms in total. The van der Waals surface area contributed by atoms with Gasteiger partial charge < -0.3 is 4.90 Å². The number of rotatable bonds is 5. The lowest BCUT2D eigenvalue weighted by atomic mass is 10.2. The second kappa shape index (κ2) is 6.67. The fourth-order valence-electron chi connectivity index (χ4n) is 2.02. The SMILES string of the molecule is CN(C)c1ccc(S(=O)(=O)NC(=O)c2ccccc2)cc1[N+](=O)[O-]. The molecule has 0 bridgehead atoms. The molecule has 126 valence electrons. The van der Waals surface area contributed by atoms with Crippen LogP contribution in [0, 0.1) is 10.1 Å². The van der Waals surface area contributed by atoms with Crippen molar-refractivity contribution < 1.29 is 18.1 Å². The molecular formula is C15H15N3O5S. The number of nitro groups is 1. The first-order chi connectivity index (χ1) is 11.2. The summed E-state index contributed by atoms with van der Waals surface area (Å²) in [7, 11) is -1.02. The maximum absolute atomic E-state index is 12.3. The number of hydrogen-bond donors (Lipinski definition) is 1. The Bertz CT molecular complexity index is 879. The molecule has 0 aliphatic rings. The Morgan fingerprint density at radius 1 is 1.12 bits per heavy atom. The Hall–Kier alpha value is -2.94. The molecule has 1 N–H and O–H groups in total. The van der Waals surface area contributed by atoms with E-state index in [9.17, 15) is 23.3 Å². The zero-order valence-corrected chi connectivity index (χ0v) is 13.8. The summed E-state index contributed by atoms with van der Waals surface area (Å²) in [5.41, 5.74) is 0.0591. The van der Waals surface area contributed by atoms with Crippen LogP contribution >= 0.6 is 0 Å². The third-order valence-electron chi connectivity index (χ3n) is 3.20. The summed E-state index contributed by atoms with van der Waals surface area (Å²) in [6.07, 6.45) is 0. The summed E-state index contributed by atoms with van der Waals surface area (Å²) in [4.78, 5) is 23.6. The number of nitrogens with one attached hydrogen (secondary N) is 1. The van der Waals surface area contributed by atoms with Crippen LogP contribution in [0.1, 0.15) is 10.4 Å². The molecule has 0 spiro atoms. The molecule has 1 amide bonds. The molecule has 0 unspecified atom stereocenters. The normalized spacial score (nSPS) is 10.9. The van der Waals surface area contributed by atoms with Crippen LogP contribution in [0.2, 0.25) is 0 Å². The zero-order valence-electron chi connectivity index (χ0n) is 13.0. The van der Waals surface area contributed by atoms with E-state index in [1.807, 2.05) is 4.72 Å². The molecule has 2 rings (SSSR count). The summed E-state index contributed by atoms with van der Waals surface area (Å²) in [6.45, 7) is 0. The molecule has 0 saturated heterocycles. The smallest absolute Gasteiger partial charge is 0.293 e. The number of carbonyl (C=O) groups is 1. The number of carbonyl (C=O) groups excluding carboxylic acids is 1. The first-order valence-corrected chi connectivity index (χ1v) is 8.28. The van der Waals surface area contributed by atoms with Gasteiger partial charge in [0.25, 0.3) is 21.6 Å². The van der Waals surface area contributed by atoms with E-state index in [0.717, 1.165) is 6.07 Å². The van der Waals surface area contributed by atoms with E-state index < -0.39 is 20.9 Å². The van der Waals surface area contributed by atoms with Gasteiger partial charge in [0, 0.05) is 25.7 Å². The predicted molar refractivity (Wildman–Crippen MR) is 88.5 cm³/mol. The number of nitro benzene ring substituents is 1. The largest absolute Gasteiger partial charge is 0.372 e. The zero-order chi connectivity index (χ0) is 17.9. The van der Waals surface area contributed by atoms with Crippen molar-refractivity contribution in [3.05, 3.63) is 64.2 Å². The number of anilines is 1. The van der Waals surface area contributed by atoms with Gasteiger partial charge in [-0.05, 0) is 24.3 Å². The van der Waals surface area contributed by atoms with Gasteiger partial charge in [-0.25, -0.2) is 13.1 Å². The topological polar surface area (TPSA) is 110 Å². The molecule has 0 saturated carbocycles. The van der Waals surface area contributed by atoms with E-state index in [-0.39, 0.29) is 21.8 Å². The minimum atomic E-state index is -4.23. The molecular weight excluding hydrogens is 334 g/mol. The van der Waals surface area contributed by atoms with Crippen molar-refractivity contribution in [3.63, 3.8) is 0 Å². The molecule has 2 aromatic rings. The molecule has 9 heteroatoms. The first kappa shape index (κ1) is 17.4. The number of hydrogen-bond acceptors (Lipinski definition) is 6. The molecule has 0 aliphatic carbocycles. The molecule has 0 aliphatic heterocycles. The van der Waals surface area contributed by atoms with Crippen molar-refractivity contribution >= 4 is 27.3 Å². The van der Waals surface area contributed by atoms with Gasteiger partial charge in [-0.15, -0.1) is 0 Å². The van der Waals surface area contributed by atoms with Crippen LogP contribution in [0.3, 0.4) is 0 Å². The summed E-state index contributed by atoms with van der Waals surface area (Å²) < 4.78 is 26.5. The van der Waals surface area contributed by atoms with Crippen LogP contribution in [0.25, 0.3) is 0 Å². The molecule has 24 heavy (non-hydrogen) atoms. The van der Waals surface area contributed by atoms with Crippen LogP contribution < -0.4 is 9.62 Å². The van der Waals surface area contributed by atoms with Gasteiger partial charge in [0.1, 0.15) is 5.69 Å². The highest BCUT2D eigenvalue weighted by Crippen LogP contribution is 2.29. The van der Waals surface area contributed by atoms with Crippen molar-refractivity contribution in [2.24, 2.45) is 0 Å². The maximum atomic E-state index is 12.3. The van der Waals surface area contributed by atoms with Gasteiger partial charge in [0.15, 0.2) is 0 Å². The quantitative estimate of drug-likeness (QED) is 0.651. The first-order valence-electron chi connectivity index (χ1n) is 6.80. The molecule has 2 aromatic carbocycles. The van der Waals surface area contributed by atoms with Gasteiger partial charge in [-0.2, -0.15) is 0 Å². The van der Waals surface area contributed by atoms with Crippen molar-refractivity contribution in [2.75, 3.05) is 19.0 Å². The Kier molecular flexibility index (Phi) is 4.84. The number of sulfonamides is 1. The Balaban J connectivity index is 2.38. The molecule has 0 aromatic heterocycles.